The van der Waals surface area contributed by atoms with Crippen LogP contribution in [0.3, 0.4) is 0 Å². The normalized spacial score (nSPS) is 13.3. The number of esters is 1. The van der Waals surface area contributed by atoms with Crippen LogP contribution in [0.2, 0.25) is 5.02 Å². The molecule has 1 aromatic rings. The molecule has 0 fully saturated rings. The maximum Gasteiger partial charge on any atom is 0.346 e. The van der Waals surface area contributed by atoms with E-state index in [9.17, 15) is 9.18 Å². The Hall–Kier alpha value is -1.09. The lowest BCUT2D eigenvalue weighted by Gasteiger charge is -2.21. The standard InChI is InChI=1S/C12H14ClFO2/c1-12(2,3)16-11(15)10(14)8-6-4-5-7-9(8)13/h4-7,10H,1-3H3. The first-order chi connectivity index (χ1) is 7.31. The Morgan fingerprint density at radius 1 is 1.38 bits per heavy atom. The fraction of sp³-hybridized carbons (Fsp3) is 0.417. The van der Waals surface area contributed by atoms with Crippen LogP contribution in [0.15, 0.2) is 24.3 Å². The number of hydrogen-bond donors (Lipinski definition) is 0. The van der Waals surface area contributed by atoms with Crippen molar-refractivity contribution in [2.45, 2.75) is 32.5 Å². The number of alkyl halides is 1. The lowest BCUT2D eigenvalue weighted by atomic mass is 10.1. The van der Waals surface area contributed by atoms with Crippen LogP contribution in [0.1, 0.15) is 32.5 Å². The number of hydrogen-bond acceptors (Lipinski definition) is 2. The highest BCUT2D eigenvalue weighted by molar-refractivity contribution is 6.31. The van der Waals surface area contributed by atoms with Crippen LogP contribution < -0.4 is 0 Å². The van der Waals surface area contributed by atoms with Crippen LogP contribution in [-0.4, -0.2) is 11.6 Å². The molecule has 88 valence electrons. The van der Waals surface area contributed by atoms with E-state index < -0.39 is 17.7 Å². The van der Waals surface area contributed by atoms with Gasteiger partial charge in [-0.05, 0) is 26.8 Å². The van der Waals surface area contributed by atoms with E-state index in [1.54, 1.807) is 32.9 Å². The molecule has 1 rings (SSSR count). The molecular formula is C12H14ClFO2. The number of ether oxygens (including phenoxy) is 1. The van der Waals surface area contributed by atoms with Gasteiger partial charge in [0.2, 0.25) is 6.17 Å². The van der Waals surface area contributed by atoms with Gasteiger partial charge in [-0.1, -0.05) is 29.8 Å². The predicted octanol–water partition coefficient (Wildman–Crippen LogP) is 3.69. The van der Waals surface area contributed by atoms with Crippen molar-refractivity contribution in [3.8, 4) is 0 Å². The Morgan fingerprint density at radius 3 is 2.44 bits per heavy atom. The maximum atomic E-state index is 13.8. The molecule has 0 N–H and O–H groups in total. The van der Waals surface area contributed by atoms with Crippen LogP contribution in [0, 0.1) is 0 Å². The van der Waals surface area contributed by atoms with Gasteiger partial charge in [-0.2, -0.15) is 0 Å². The summed E-state index contributed by atoms with van der Waals surface area (Å²) in [5, 5.41) is 0.223. The van der Waals surface area contributed by atoms with Gasteiger partial charge < -0.3 is 4.74 Å². The van der Waals surface area contributed by atoms with Crippen LogP contribution in [0.5, 0.6) is 0 Å². The average molecular weight is 245 g/mol. The SMILES string of the molecule is CC(C)(C)OC(=O)C(F)c1ccccc1Cl. The van der Waals surface area contributed by atoms with E-state index in [0.29, 0.717) is 0 Å². The van der Waals surface area contributed by atoms with Gasteiger partial charge in [-0.3, -0.25) is 0 Å². The second kappa shape index (κ2) is 4.83. The first-order valence-corrected chi connectivity index (χ1v) is 5.30. The molecule has 1 unspecified atom stereocenters. The minimum absolute atomic E-state index is 0.137. The summed E-state index contributed by atoms with van der Waals surface area (Å²) in [4.78, 5) is 11.5. The molecule has 0 aliphatic heterocycles. The summed E-state index contributed by atoms with van der Waals surface area (Å²) in [6.45, 7) is 5.05. The number of rotatable bonds is 2. The lowest BCUT2D eigenvalue weighted by Crippen LogP contribution is -2.26. The summed E-state index contributed by atoms with van der Waals surface area (Å²) in [6.07, 6.45) is -1.84. The third kappa shape index (κ3) is 3.49. The molecular weight excluding hydrogens is 231 g/mol. The van der Waals surface area contributed by atoms with Crippen molar-refractivity contribution in [3.05, 3.63) is 34.9 Å². The molecule has 16 heavy (non-hydrogen) atoms. The van der Waals surface area contributed by atoms with Crippen molar-refractivity contribution in [3.63, 3.8) is 0 Å². The van der Waals surface area contributed by atoms with Gasteiger partial charge >= 0.3 is 5.97 Å². The van der Waals surface area contributed by atoms with Crippen LogP contribution in [0.4, 0.5) is 4.39 Å². The third-order valence-corrected chi connectivity index (χ3v) is 2.14. The van der Waals surface area contributed by atoms with Gasteiger partial charge in [0.05, 0.1) is 0 Å². The van der Waals surface area contributed by atoms with E-state index in [0.717, 1.165) is 0 Å². The second-order valence-corrected chi connectivity index (χ2v) is 4.82. The molecule has 0 heterocycles. The highest BCUT2D eigenvalue weighted by atomic mass is 35.5. The molecule has 1 atom stereocenters. The minimum Gasteiger partial charge on any atom is -0.458 e. The number of benzene rings is 1. The first kappa shape index (κ1) is 13.0. The minimum atomic E-state index is -1.84. The van der Waals surface area contributed by atoms with Crippen LogP contribution in [0.25, 0.3) is 0 Å². The summed E-state index contributed by atoms with van der Waals surface area (Å²) in [7, 11) is 0. The van der Waals surface area contributed by atoms with Gasteiger partial charge in [-0.15, -0.1) is 0 Å². The Kier molecular flexibility index (Phi) is 3.92. The lowest BCUT2D eigenvalue weighted by molar-refractivity contribution is -0.161. The monoisotopic (exact) mass is 244 g/mol. The maximum absolute atomic E-state index is 13.8. The second-order valence-electron chi connectivity index (χ2n) is 4.42. The van der Waals surface area contributed by atoms with Crippen molar-refractivity contribution >= 4 is 17.6 Å². The van der Waals surface area contributed by atoms with E-state index >= 15 is 0 Å². The quantitative estimate of drug-likeness (QED) is 0.742. The molecule has 1 aromatic carbocycles. The summed E-state index contributed by atoms with van der Waals surface area (Å²) in [5.74, 6) is -0.916. The largest absolute Gasteiger partial charge is 0.458 e. The van der Waals surface area contributed by atoms with Gasteiger partial charge in [-0.25, -0.2) is 9.18 Å². The molecule has 0 aliphatic rings. The zero-order valence-corrected chi connectivity index (χ0v) is 10.2. The number of halogens is 2. The molecule has 0 saturated heterocycles. The Labute approximate surface area is 99.4 Å². The van der Waals surface area contributed by atoms with Gasteiger partial charge in [0.15, 0.2) is 0 Å². The molecule has 0 saturated carbocycles. The molecule has 4 heteroatoms. The van der Waals surface area contributed by atoms with Gasteiger partial charge in [0.1, 0.15) is 5.60 Å². The van der Waals surface area contributed by atoms with Crippen molar-refractivity contribution < 1.29 is 13.9 Å². The smallest absolute Gasteiger partial charge is 0.346 e. The average Bonchev–Trinajstić information content (AvgIpc) is 2.15. The molecule has 0 spiro atoms. The zero-order valence-electron chi connectivity index (χ0n) is 9.46. The van der Waals surface area contributed by atoms with E-state index in [1.165, 1.54) is 12.1 Å². The fourth-order valence-electron chi connectivity index (χ4n) is 1.16. The van der Waals surface area contributed by atoms with Gasteiger partial charge in [0.25, 0.3) is 0 Å². The molecule has 2 nitrogen and oxygen atoms in total. The van der Waals surface area contributed by atoms with Crippen LogP contribution in [-0.2, 0) is 9.53 Å². The highest BCUT2D eigenvalue weighted by Crippen LogP contribution is 2.27. The first-order valence-electron chi connectivity index (χ1n) is 4.92. The van der Waals surface area contributed by atoms with E-state index in [1.807, 2.05) is 0 Å². The summed E-state index contributed by atoms with van der Waals surface area (Å²) >= 11 is 5.79. The van der Waals surface area contributed by atoms with Crippen molar-refractivity contribution in [1.29, 1.82) is 0 Å². The van der Waals surface area contributed by atoms with E-state index in [-0.39, 0.29) is 10.6 Å². The van der Waals surface area contributed by atoms with E-state index in [2.05, 4.69) is 0 Å². The summed E-state index contributed by atoms with van der Waals surface area (Å²) in [5.41, 5.74) is -0.568. The number of carbonyl (C=O) groups is 1. The molecule has 0 radical (unpaired) electrons. The van der Waals surface area contributed by atoms with E-state index in [4.69, 9.17) is 16.3 Å². The molecule has 0 amide bonds. The van der Waals surface area contributed by atoms with Crippen molar-refractivity contribution in [2.75, 3.05) is 0 Å². The predicted molar refractivity (Wildman–Crippen MR) is 61.1 cm³/mol. The Bertz CT molecular complexity index is 385. The number of carbonyl (C=O) groups excluding carboxylic acids is 1. The van der Waals surface area contributed by atoms with Crippen molar-refractivity contribution in [1.82, 2.24) is 0 Å². The topological polar surface area (TPSA) is 26.3 Å². The molecule has 0 aliphatic carbocycles. The summed E-state index contributed by atoms with van der Waals surface area (Å²) < 4.78 is 18.7. The molecule has 0 aromatic heterocycles. The Balaban J connectivity index is 2.83. The summed E-state index contributed by atoms with van der Waals surface area (Å²) in [6, 6.07) is 6.30. The van der Waals surface area contributed by atoms with Crippen molar-refractivity contribution in [2.24, 2.45) is 0 Å². The zero-order chi connectivity index (χ0) is 12.3. The van der Waals surface area contributed by atoms with Gasteiger partial charge in [0, 0.05) is 10.6 Å². The highest BCUT2D eigenvalue weighted by Gasteiger charge is 2.27. The fourth-order valence-corrected chi connectivity index (χ4v) is 1.39. The van der Waals surface area contributed by atoms with Crippen LogP contribution >= 0.6 is 11.6 Å². The molecule has 0 bridgehead atoms. The Morgan fingerprint density at radius 2 is 1.94 bits per heavy atom. The third-order valence-electron chi connectivity index (χ3n) is 1.79.